The van der Waals surface area contributed by atoms with Gasteiger partial charge in [-0.3, -0.25) is 9.69 Å². The summed E-state index contributed by atoms with van der Waals surface area (Å²) in [6, 6.07) is 12.0. The third-order valence-corrected chi connectivity index (χ3v) is 6.23. The van der Waals surface area contributed by atoms with Gasteiger partial charge in [0.25, 0.3) is 0 Å². The fraction of sp³-hybridized carbons (Fsp3) is 0.273. The standard InChI is InChI=1S/C22H20FN3OS/c1-22(2)10-16-20(17(27)11-22)19(18-4-3-9-28-18)15(12-24)21(25)26(16)14-7-5-13(23)6-8-14/h3-9,19H,10-11,25H2,1-2H3/t19-/m0/s1. The Balaban J connectivity index is 1.99. The van der Waals surface area contributed by atoms with Crippen LogP contribution in [0.5, 0.6) is 0 Å². The maximum absolute atomic E-state index is 13.5. The van der Waals surface area contributed by atoms with Crippen molar-refractivity contribution in [2.75, 3.05) is 4.90 Å². The molecule has 0 saturated carbocycles. The van der Waals surface area contributed by atoms with E-state index in [9.17, 15) is 14.4 Å². The Kier molecular flexibility index (Phi) is 4.35. The van der Waals surface area contributed by atoms with Gasteiger partial charge in [0.1, 0.15) is 11.6 Å². The summed E-state index contributed by atoms with van der Waals surface area (Å²) in [5, 5.41) is 11.8. The molecule has 1 aromatic carbocycles. The molecule has 1 atom stereocenters. The van der Waals surface area contributed by atoms with E-state index in [0.29, 0.717) is 35.5 Å². The molecular formula is C22H20FN3OS. The van der Waals surface area contributed by atoms with Crippen LogP contribution in [0.15, 0.2) is 64.4 Å². The minimum atomic E-state index is -0.444. The highest BCUT2D eigenvalue weighted by molar-refractivity contribution is 7.10. The Labute approximate surface area is 167 Å². The summed E-state index contributed by atoms with van der Waals surface area (Å²) >= 11 is 1.51. The molecule has 1 aromatic heterocycles. The lowest BCUT2D eigenvalue weighted by Crippen LogP contribution is -2.42. The summed E-state index contributed by atoms with van der Waals surface area (Å²) in [6.45, 7) is 4.11. The molecule has 0 unspecified atom stereocenters. The monoisotopic (exact) mass is 393 g/mol. The first-order chi connectivity index (χ1) is 13.3. The van der Waals surface area contributed by atoms with Crippen molar-refractivity contribution < 1.29 is 9.18 Å². The fourth-order valence-corrected chi connectivity index (χ4v) is 4.98. The first kappa shape index (κ1) is 18.5. The minimum absolute atomic E-state index is 0.0389. The molecule has 6 heteroatoms. The van der Waals surface area contributed by atoms with Crippen LogP contribution >= 0.6 is 11.3 Å². The van der Waals surface area contributed by atoms with Gasteiger partial charge in [-0.05, 0) is 47.5 Å². The molecule has 2 aliphatic rings. The van der Waals surface area contributed by atoms with Gasteiger partial charge < -0.3 is 5.73 Å². The van der Waals surface area contributed by atoms with Crippen molar-refractivity contribution >= 4 is 22.8 Å². The lowest BCUT2D eigenvalue weighted by Gasteiger charge is -2.43. The fourth-order valence-electron chi connectivity index (χ4n) is 4.13. The zero-order valence-electron chi connectivity index (χ0n) is 15.7. The Morgan fingerprint density at radius 3 is 2.57 bits per heavy atom. The van der Waals surface area contributed by atoms with E-state index >= 15 is 0 Å². The lowest BCUT2D eigenvalue weighted by molar-refractivity contribution is -0.118. The van der Waals surface area contributed by atoms with E-state index < -0.39 is 5.92 Å². The van der Waals surface area contributed by atoms with Crippen LogP contribution in [0.3, 0.4) is 0 Å². The summed E-state index contributed by atoms with van der Waals surface area (Å²) in [4.78, 5) is 15.9. The highest BCUT2D eigenvalue weighted by atomic mass is 32.1. The van der Waals surface area contributed by atoms with Crippen LogP contribution in [0.1, 0.15) is 37.5 Å². The number of carbonyl (C=O) groups excluding carboxylic acids is 1. The molecule has 142 valence electrons. The van der Waals surface area contributed by atoms with Crippen LogP contribution < -0.4 is 10.6 Å². The maximum Gasteiger partial charge on any atom is 0.162 e. The van der Waals surface area contributed by atoms with Crippen LogP contribution in [0.25, 0.3) is 0 Å². The summed E-state index contributed by atoms with van der Waals surface area (Å²) in [7, 11) is 0. The van der Waals surface area contributed by atoms with E-state index in [-0.39, 0.29) is 17.0 Å². The molecule has 28 heavy (non-hydrogen) atoms. The second-order valence-corrected chi connectivity index (χ2v) is 8.95. The summed E-state index contributed by atoms with van der Waals surface area (Å²) in [6.07, 6.45) is 1.07. The number of carbonyl (C=O) groups is 1. The minimum Gasteiger partial charge on any atom is -0.384 e. The molecule has 0 fully saturated rings. The van der Waals surface area contributed by atoms with E-state index in [4.69, 9.17) is 5.73 Å². The quantitative estimate of drug-likeness (QED) is 0.793. The van der Waals surface area contributed by atoms with Crippen molar-refractivity contribution in [2.24, 2.45) is 11.1 Å². The number of hydrogen-bond donors (Lipinski definition) is 1. The Morgan fingerprint density at radius 1 is 1.25 bits per heavy atom. The highest BCUT2D eigenvalue weighted by Gasteiger charge is 2.44. The van der Waals surface area contributed by atoms with Gasteiger partial charge in [0.15, 0.2) is 5.78 Å². The van der Waals surface area contributed by atoms with Crippen molar-refractivity contribution in [3.05, 3.63) is 75.1 Å². The van der Waals surface area contributed by atoms with E-state index in [2.05, 4.69) is 19.9 Å². The number of thiophene rings is 1. The maximum atomic E-state index is 13.5. The van der Waals surface area contributed by atoms with Gasteiger partial charge in [-0.1, -0.05) is 19.9 Å². The molecule has 0 spiro atoms. The van der Waals surface area contributed by atoms with Gasteiger partial charge in [-0.15, -0.1) is 11.3 Å². The molecule has 2 N–H and O–H groups in total. The average molecular weight is 393 g/mol. The van der Waals surface area contributed by atoms with E-state index in [1.165, 1.54) is 23.5 Å². The largest absolute Gasteiger partial charge is 0.384 e. The topological polar surface area (TPSA) is 70.1 Å². The lowest BCUT2D eigenvalue weighted by atomic mass is 9.69. The highest BCUT2D eigenvalue weighted by Crippen LogP contribution is 2.50. The van der Waals surface area contributed by atoms with Gasteiger partial charge in [-0.25, -0.2) is 4.39 Å². The van der Waals surface area contributed by atoms with E-state index in [1.807, 2.05) is 17.5 Å². The summed E-state index contributed by atoms with van der Waals surface area (Å²) in [5.41, 5.74) is 8.72. The van der Waals surface area contributed by atoms with Crippen molar-refractivity contribution in [2.45, 2.75) is 32.6 Å². The number of anilines is 1. The smallest absolute Gasteiger partial charge is 0.162 e. The van der Waals surface area contributed by atoms with Crippen LogP contribution in [-0.4, -0.2) is 5.78 Å². The average Bonchev–Trinajstić information content (AvgIpc) is 3.15. The van der Waals surface area contributed by atoms with E-state index in [1.54, 1.807) is 17.0 Å². The number of hydrogen-bond acceptors (Lipinski definition) is 5. The molecule has 0 bridgehead atoms. The molecule has 1 aliphatic carbocycles. The Bertz CT molecular complexity index is 1040. The Morgan fingerprint density at radius 2 is 1.96 bits per heavy atom. The molecule has 1 aliphatic heterocycles. The second-order valence-electron chi connectivity index (χ2n) is 7.97. The summed E-state index contributed by atoms with van der Waals surface area (Å²) in [5.74, 6) is -0.455. The number of nitrogens with two attached hydrogens (primary N) is 1. The molecule has 0 radical (unpaired) electrons. The van der Waals surface area contributed by atoms with Gasteiger partial charge in [0.2, 0.25) is 0 Å². The van der Waals surface area contributed by atoms with Gasteiger partial charge in [0.05, 0.1) is 17.6 Å². The first-order valence-corrected chi connectivity index (χ1v) is 9.95. The molecule has 2 aromatic rings. The second kappa shape index (κ2) is 6.61. The zero-order chi connectivity index (χ0) is 20.1. The van der Waals surface area contributed by atoms with E-state index in [0.717, 1.165) is 10.6 Å². The number of benzene rings is 1. The summed E-state index contributed by atoms with van der Waals surface area (Å²) < 4.78 is 13.5. The van der Waals surface area contributed by atoms with Crippen LogP contribution in [-0.2, 0) is 4.79 Å². The molecule has 0 amide bonds. The molecule has 2 heterocycles. The number of rotatable bonds is 2. The SMILES string of the molecule is CC1(C)CC(=O)C2=C(C1)N(c1ccc(F)cc1)C(N)=C(C#N)[C@H]2c1cccs1. The number of allylic oxidation sites excluding steroid dienone is 3. The van der Waals surface area contributed by atoms with Crippen molar-refractivity contribution in [1.82, 2.24) is 0 Å². The van der Waals surface area contributed by atoms with Gasteiger partial charge in [-0.2, -0.15) is 5.26 Å². The number of ketones is 1. The number of nitriles is 1. The normalized spacial score (nSPS) is 21.6. The van der Waals surface area contributed by atoms with Crippen molar-refractivity contribution in [3.63, 3.8) is 0 Å². The van der Waals surface area contributed by atoms with Crippen molar-refractivity contribution in [3.8, 4) is 6.07 Å². The van der Waals surface area contributed by atoms with Gasteiger partial charge >= 0.3 is 0 Å². The number of Topliss-reactive ketones (excluding diaryl/α,β-unsaturated/α-hetero) is 1. The molecule has 0 saturated heterocycles. The van der Waals surface area contributed by atoms with Crippen molar-refractivity contribution in [1.29, 1.82) is 5.26 Å². The molecular weight excluding hydrogens is 373 g/mol. The van der Waals surface area contributed by atoms with Gasteiger partial charge in [0, 0.05) is 28.3 Å². The number of nitrogens with zero attached hydrogens (tertiary/aromatic N) is 2. The predicted molar refractivity (Wildman–Crippen MR) is 108 cm³/mol. The Hall–Kier alpha value is -2.91. The van der Waals surface area contributed by atoms with Crippen LogP contribution in [0.2, 0.25) is 0 Å². The number of halogens is 1. The predicted octanol–water partition coefficient (Wildman–Crippen LogP) is 4.83. The zero-order valence-corrected chi connectivity index (χ0v) is 16.5. The molecule has 4 nitrogen and oxygen atoms in total. The first-order valence-electron chi connectivity index (χ1n) is 9.07. The van der Waals surface area contributed by atoms with Crippen LogP contribution in [0, 0.1) is 22.6 Å². The third kappa shape index (κ3) is 2.92. The third-order valence-electron chi connectivity index (χ3n) is 5.29. The van der Waals surface area contributed by atoms with Crippen LogP contribution in [0.4, 0.5) is 10.1 Å². The molecule has 4 rings (SSSR count).